The Labute approximate surface area is 170 Å². The monoisotopic (exact) mass is 476 g/mol. The van der Waals surface area contributed by atoms with Crippen molar-refractivity contribution in [1.82, 2.24) is 15.6 Å². The van der Waals surface area contributed by atoms with Gasteiger partial charge in [0, 0.05) is 47.8 Å². The highest BCUT2D eigenvalue weighted by Gasteiger charge is 2.00. The quantitative estimate of drug-likeness (QED) is 0.199. The van der Waals surface area contributed by atoms with Crippen LogP contribution in [0.2, 0.25) is 0 Å². The summed E-state index contributed by atoms with van der Waals surface area (Å²) in [5, 5.41) is 7.82. The second kappa shape index (κ2) is 12.5. The van der Waals surface area contributed by atoms with Crippen molar-refractivity contribution in [2.45, 2.75) is 25.2 Å². The van der Waals surface area contributed by atoms with Crippen molar-refractivity contribution in [3.63, 3.8) is 0 Å². The zero-order valence-electron chi connectivity index (χ0n) is 14.1. The van der Waals surface area contributed by atoms with Gasteiger partial charge in [0.15, 0.2) is 5.96 Å². The minimum atomic E-state index is 0. The first-order valence-corrected chi connectivity index (χ1v) is 9.69. The molecule has 1 aromatic heterocycles. The Morgan fingerprint density at radius 3 is 2.71 bits per heavy atom. The van der Waals surface area contributed by atoms with Crippen molar-refractivity contribution in [2.24, 2.45) is 4.99 Å². The lowest BCUT2D eigenvalue weighted by Gasteiger charge is -2.11. The normalized spacial score (nSPS) is 11.0. The number of hydrogen-bond acceptors (Lipinski definition) is 4. The van der Waals surface area contributed by atoms with Crippen molar-refractivity contribution < 1.29 is 0 Å². The summed E-state index contributed by atoms with van der Waals surface area (Å²) in [5.74, 6) is 1.90. The van der Waals surface area contributed by atoms with E-state index in [0.717, 1.165) is 42.8 Å². The predicted octanol–water partition coefficient (Wildman–Crippen LogP) is 3.96. The number of guanidine groups is 1. The molecule has 0 bridgehead atoms. The lowest BCUT2D eigenvalue weighted by molar-refractivity contribution is 0.835. The molecule has 0 atom stereocenters. The molecule has 4 nitrogen and oxygen atoms in total. The molecule has 0 unspecified atom stereocenters. The second-order valence-electron chi connectivity index (χ2n) is 4.96. The standard InChI is InChI=1S/C17H24N4S2.HI/c1-3-18-17(19-10-9-16-21-13-14(2)23-16)20-11-12-22-15-7-5-4-6-8-15;/h4-8,13H,3,9-12H2,1-2H3,(H2,18,19,20);1H. The fraction of sp³-hybridized carbons (Fsp3) is 0.412. The Bertz CT molecular complexity index is 602. The van der Waals surface area contributed by atoms with E-state index in [1.165, 1.54) is 9.77 Å². The Hall–Kier alpha value is -0.800. The van der Waals surface area contributed by atoms with E-state index in [-0.39, 0.29) is 24.0 Å². The molecule has 2 N–H and O–H groups in total. The van der Waals surface area contributed by atoms with Gasteiger partial charge >= 0.3 is 0 Å². The molecule has 0 spiro atoms. The van der Waals surface area contributed by atoms with Crippen molar-refractivity contribution in [3.8, 4) is 0 Å². The van der Waals surface area contributed by atoms with Crippen LogP contribution in [-0.4, -0.2) is 36.3 Å². The lowest BCUT2D eigenvalue weighted by atomic mass is 10.4. The van der Waals surface area contributed by atoms with E-state index in [4.69, 9.17) is 0 Å². The topological polar surface area (TPSA) is 49.3 Å². The van der Waals surface area contributed by atoms with E-state index in [1.807, 2.05) is 24.0 Å². The van der Waals surface area contributed by atoms with Crippen LogP contribution in [0.5, 0.6) is 0 Å². The third-order valence-corrected chi connectivity index (χ3v) is 5.00. The lowest BCUT2D eigenvalue weighted by Crippen LogP contribution is -2.38. The van der Waals surface area contributed by atoms with Crippen molar-refractivity contribution >= 4 is 53.0 Å². The molecule has 7 heteroatoms. The first-order chi connectivity index (χ1) is 11.3. The smallest absolute Gasteiger partial charge is 0.191 e. The van der Waals surface area contributed by atoms with Crippen LogP contribution in [0.1, 0.15) is 16.8 Å². The number of thioether (sulfide) groups is 1. The van der Waals surface area contributed by atoms with E-state index >= 15 is 0 Å². The predicted molar refractivity (Wildman–Crippen MR) is 117 cm³/mol. The summed E-state index contributed by atoms with van der Waals surface area (Å²) in [6.45, 7) is 6.68. The summed E-state index contributed by atoms with van der Waals surface area (Å²) in [7, 11) is 0. The summed E-state index contributed by atoms with van der Waals surface area (Å²) in [5.41, 5.74) is 0. The van der Waals surface area contributed by atoms with Crippen LogP contribution in [0.15, 0.2) is 46.4 Å². The molecule has 1 aromatic carbocycles. The third-order valence-electron chi connectivity index (χ3n) is 3.02. The average molecular weight is 476 g/mol. The van der Waals surface area contributed by atoms with Gasteiger partial charge < -0.3 is 10.6 Å². The zero-order valence-corrected chi connectivity index (χ0v) is 18.1. The van der Waals surface area contributed by atoms with Gasteiger partial charge in [-0.3, -0.25) is 4.99 Å². The molecule has 2 aromatic rings. The highest BCUT2D eigenvalue weighted by Crippen LogP contribution is 2.15. The van der Waals surface area contributed by atoms with Gasteiger partial charge in [-0.2, -0.15) is 0 Å². The van der Waals surface area contributed by atoms with Gasteiger partial charge in [-0.05, 0) is 26.0 Å². The second-order valence-corrected chi connectivity index (χ2v) is 7.45. The van der Waals surface area contributed by atoms with Gasteiger partial charge in [0.2, 0.25) is 0 Å². The molecule has 2 rings (SSSR count). The van der Waals surface area contributed by atoms with Crippen molar-refractivity contribution in [3.05, 3.63) is 46.4 Å². The largest absolute Gasteiger partial charge is 0.357 e. The summed E-state index contributed by atoms with van der Waals surface area (Å²) in [6, 6.07) is 10.5. The van der Waals surface area contributed by atoms with E-state index < -0.39 is 0 Å². The van der Waals surface area contributed by atoms with Gasteiger partial charge in [0.1, 0.15) is 0 Å². The number of nitrogens with one attached hydrogen (secondary N) is 2. The molecular formula is C17H25IN4S2. The molecule has 0 radical (unpaired) electrons. The number of thiazole rings is 1. The molecule has 132 valence electrons. The van der Waals surface area contributed by atoms with Gasteiger partial charge in [0.25, 0.3) is 0 Å². The van der Waals surface area contributed by atoms with Gasteiger partial charge in [-0.25, -0.2) is 4.98 Å². The fourth-order valence-corrected chi connectivity index (χ4v) is 3.54. The highest BCUT2D eigenvalue weighted by molar-refractivity contribution is 14.0. The van der Waals surface area contributed by atoms with E-state index in [2.05, 4.69) is 58.7 Å². The number of aliphatic imine (C=N–C) groups is 1. The SMILES string of the molecule is CCNC(=NCCc1ncc(C)s1)NCCSc1ccccc1.I. The average Bonchev–Trinajstić information content (AvgIpc) is 2.98. The van der Waals surface area contributed by atoms with Crippen LogP contribution in [-0.2, 0) is 6.42 Å². The van der Waals surface area contributed by atoms with Crippen molar-refractivity contribution in [2.75, 3.05) is 25.4 Å². The van der Waals surface area contributed by atoms with Crippen LogP contribution in [0.3, 0.4) is 0 Å². The fourth-order valence-electron chi connectivity index (χ4n) is 1.98. The minimum absolute atomic E-state index is 0. The van der Waals surface area contributed by atoms with Crippen LogP contribution in [0, 0.1) is 6.92 Å². The van der Waals surface area contributed by atoms with Gasteiger partial charge in [0.05, 0.1) is 5.01 Å². The zero-order chi connectivity index (χ0) is 16.3. The number of nitrogens with zero attached hydrogens (tertiary/aromatic N) is 2. The maximum Gasteiger partial charge on any atom is 0.191 e. The summed E-state index contributed by atoms with van der Waals surface area (Å²) in [4.78, 5) is 11.5. The van der Waals surface area contributed by atoms with Gasteiger partial charge in [-0.1, -0.05) is 18.2 Å². The molecule has 0 aliphatic heterocycles. The van der Waals surface area contributed by atoms with Crippen LogP contribution < -0.4 is 10.6 Å². The first-order valence-electron chi connectivity index (χ1n) is 7.89. The maximum atomic E-state index is 4.61. The molecular weight excluding hydrogens is 451 g/mol. The molecule has 0 amide bonds. The van der Waals surface area contributed by atoms with E-state index in [0.29, 0.717) is 0 Å². The number of aromatic nitrogens is 1. The number of halogens is 1. The Morgan fingerprint density at radius 1 is 1.25 bits per heavy atom. The van der Waals surface area contributed by atoms with Gasteiger partial charge in [-0.15, -0.1) is 47.1 Å². The summed E-state index contributed by atoms with van der Waals surface area (Å²) in [6.07, 6.45) is 2.82. The van der Waals surface area contributed by atoms with E-state index in [1.54, 1.807) is 11.3 Å². The maximum absolute atomic E-state index is 4.61. The summed E-state index contributed by atoms with van der Waals surface area (Å²) >= 11 is 3.60. The molecule has 0 saturated heterocycles. The number of aryl methyl sites for hydroxylation is 1. The minimum Gasteiger partial charge on any atom is -0.357 e. The number of benzene rings is 1. The van der Waals surface area contributed by atoms with Crippen LogP contribution >= 0.6 is 47.1 Å². The van der Waals surface area contributed by atoms with Crippen molar-refractivity contribution in [1.29, 1.82) is 0 Å². The third kappa shape index (κ3) is 8.34. The van der Waals surface area contributed by atoms with Crippen LogP contribution in [0.4, 0.5) is 0 Å². The Morgan fingerprint density at radius 2 is 2.04 bits per heavy atom. The summed E-state index contributed by atoms with van der Waals surface area (Å²) < 4.78 is 0. The van der Waals surface area contributed by atoms with E-state index in [9.17, 15) is 0 Å². The molecule has 0 aliphatic rings. The molecule has 0 fully saturated rings. The highest BCUT2D eigenvalue weighted by atomic mass is 127. The number of rotatable bonds is 8. The first kappa shape index (κ1) is 21.2. The Kier molecular flexibility index (Phi) is 11.1. The molecule has 0 saturated carbocycles. The Balaban J connectivity index is 0.00000288. The van der Waals surface area contributed by atoms with Crippen LogP contribution in [0.25, 0.3) is 0 Å². The molecule has 24 heavy (non-hydrogen) atoms. The molecule has 0 aliphatic carbocycles. The molecule has 1 heterocycles. The number of hydrogen-bond donors (Lipinski definition) is 2.